The van der Waals surface area contributed by atoms with Crippen LogP contribution in [0, 0.1) is 0 Å². The summed E-state index contributed by atoms with van der Waals surface area (Å²) in [6.07, 6.45) is 10.2. The van der Waals surface area contributed by atoms with Crippen LogP contribution in [0.2, 0.25) is 0 Å². The Hall–Kier alpha value is -0.160. The van der Waals surface area contributed by atoms with Crippen LogP contribution >= 0.6 is 31.9 Å². The molecule has 94 valence electrons. The summed E-state index contributed by atoms with van der Waals surface area (Å²) >= 11 is 6.90. The third-order valence-corrected chi connectivity index (χ3v) is 3.97. The lowest BCUT2D eigenvalue weighted by molar-refractivity contribution is 0.415. The van der Waals surface area contributed by atoms with Gasteiger partial charge in [-0.15, -0.1) is 0 Å². The maximum absolute atomic E-state index is 4.42. The van der Waals surface area contributed by atoms with Crippen LogP contribution in [0.3, 0.4) is 0 Å². The van der Waals surface area contributed by atoms with Crippen LogP contribution in [-0.2, 0) is 0 Å². The summed E-state index contributed by atoms with van der Waals surface area (Å²) in [6.45, 7) is 0.978. The fourth-order valence-electron chi connectivity index (χ4n) is 2.38. The van der Waals surface area contributed by atoms with Gasteiger partial charge < -0.3 is 4.90 Å². The zero-order chi connectivity index (χ0) is 12.1. The van der Waals surface area contributed by atoms with Crippen LogP contribution in [-0.4, -0.2) is 27.9 Å². The molecule has 0 amide bonds. The lowest BCUT2D eigenvalue weighted by atomic mass is 9.94. The van der Waals surface area contributed by atoms with E-state index in [0.717, 1.165) is 22.3 Å². The minimum Gasteiger partial charge on any atom is -0.337 e. The van der Waals surface area contributed by atoms with E-state index < -0.39 is 0 Å². The first-order valence-corrected chi connectivity index (χ1v) is 8.03. The average molecular weight is 363 g/mol. The van der Waals surface area contributed by atoms with Gasteiger partial charge in [0.15, 0.2) is 0 Å². The zero-order valence-corrected chi connectivity index (χ0v) is 13.0. The quantitative estimate of drug-likeness (QED) is 0.763. The molecule has 1 aromatic heterocycles. The number of alkyl halides is 1. The molecule has 1 heterocycles. The van der Waals surface area contributed by atoms with Crippen LogP contribution in [0.25, 0.3) is 0 Å². The minimum absolute atomic E-state index is 0.613. The van der Waals surface area contributed by atoms with Crippen molar-refractivity contribution in [3.05, 3.63) is 16.9 Å². The van der Waals surface area contributed by atoms with Crippen molar-refractivity contribution in [3.8, 4) is 0 Å². The van der Waals surface area contributed by atoms with E-state index in [1.54, 1.807) is 0 Å². The van der Waals surface area contributed by atoms with E-state index in [2.05, 4.69) is 46.7 Å². The van der Waals surface area contributed by atoms with Gasteiger partial charge in [-0.3, -0.25) is 0 Å². The number of nitrogens with zero attached hydrogens (tertiary/aromatic N) is 3. The fourth-order valence-corrected chi connectivity index (χ4v) is 2.97. The molecule has 1 aromatic rings. The monoisotopic (exact) mass is 361 g/mol. The second-order valence-electron chi connectivity index (χ2n) is 4.38. The third-order valence-electron chi connectivity index (χ3n) is 3.20. The lowest BCUT2D eigenvalue weighted by Gasteiger charge is -2.34. The van der Waals surface area contributed by atoms with Gasteiger partial charge in [0.25, 0.3) is 0 Å². The molecule has 2 rings (SSSR count). The van der Waals surface area contributed by atoms with Crippen LogP contribution in [0.1, 0.15) is 32.1 Å². The Morgan fingerprint density at radius 3 is 2.41 bits per heavy atom. The molecular formula is C12H17Br2N3. The summed E-state index contributed by atoms with van der Waals surface area (Å²) in [7, 11) is 0. The van der Waals surface area contributed by atoms with Gasteiger partial charge in [0.2, 0.25) is 5.95 Å². The van der Waals surface area contributed by atoms with Gasteiger partial charge in [-0.2, -0.15) is 0 Å². The number of rotatable bonds is 4. The molecule has 0 aromatic carbocycles. The Bertz CT molecular complexity index is 336. The van der Waals surface area contributed by atoms with Crippen molar-refractivity contribution < 1.29 is 0 Å². The molecule has 1 saturated carbocycles. The van der Waals surface area contributed by atoms with Gasteiger partial charge in [-0.05, 0) is 28.8 Å². The lowest BCUT2D eigenvalue weighted by Crippen LogP contribution is -2.39. The van der Waals surface area contributed by atoms with Gasteiger partial charge in [0.1, 0.15) is 0 Å². The molecule has 3 nitrogen and oxygen atoms in total. The molecule has 0 radical (unpaired) electrons. The standard InChI is InChI=1S/C12H17Br2N3/c13-6-7-17(11-4-2-1-3-5-11)12-15-8-10(14)9-16-12/h8-9,11H,1-7H2. The Morgan fingerprint density at radius 1 is 1.18 bits per heavy atom. The smallest absolute Gasteiger partial charge is 0.225 e. The number of anilines is 1. The first-order chi connectivity index (χ1) is 8.31. The largest absolute Gasteiger partial charge is 0.337 e. The Kier molecular flexibility index (Phi) is 5.22. The summed E-state index contributed by atoms with van der Waals surface area (Å²) in [5.41, 5.74) is 0. The predicted molar refractivity (Wildman–Crippen MR) is 77.7 cm³/mol. The first-order valence-electron chi connectivity index (χ1n) is 6.11. The average Bonchev–Trinajstić information content (AvgIpc) is 2.38. The van der Waals surface area contributed by atoms with Crippen molar-refractivity contribution >= 4 is 37.8 Å². The second-order valence-corrected chi connectivity index (χ2v) is 6.08. The third kappa shape index (κ3) is 3.65. The Morgan fingerprint density at radius 2 is 1.82 bits per heavy atom. The maximum Gasteiger partial charge on any atom is 0.225 e. The molecular weight excluding hydrogens is 346 g/mol. The normalized spacial score (nSPS) is 17.1. The van der Waals surface area contributed by atoms with Crippen molar-refractivity contribution in [2.24, 2.45) is 0 Å². The Labute approximate surface area is 119 Å². The number of aromatic nitrogens is 2. The van der Waals surface area contributed by atoms with Crippen LogP contribution in [0.5, 0.6) is 0 Å². The number of hydrogen-bond donors (Lipinski definition) is 0. The Balaban J connectivity index is 2.12. The first kappa shape index (κ1) is 13.3. The van der Waals surface area contributed by atoms with E-state index in [1.165, 1.54) is 32.1 Å². The van der Waals surface area contributed by atoms with Crippen molar-refractivity contribution in [1.29, 1.82) is 0 Å². The highest BCUT2D eigenvalue weighted by atomic mass is 79.9. The molecule has 0 bridgehead atoms. The highest BCUT2D eigenvalue weighted by Crippen LogP contribution is 2.25. The molecule has 5 heteroatoms. The van der Waals surface area contributed by atoms with Gasteiger partial charge in [-0.25, -0.2) is 9.97 Å². The molecule has 1 aliphatic rings. The molecule has 0 unspecified atom stereocenters. The van der Waals surface area contributed by atoms with Crippen molar-refractivity contribution in [3.63, 3.8) is 0 Å². The van der Waals surface area contributed by atoms with E-state index in [1.807, 2.05) is 12.4 Å². The molecule has 0 N–H and O–H groups in total. The van der Waals surface area contributed by atoms with Gasteiger partial charge in [-0.1, -0.05) is 35.2 Å². The maximum atomic E-state index is 4.42. The van der Waals surface area contributed by atoms with Gasteiger partial charge in [0, 0.05) is 30.3 Å². The van der Waals surface area contributed by atoms with Crippen LogP contribution in [0.4, 0.5) is 5.95 Å². The second kappa shape index (κ2) is 6.69. The van der Waals surface area contributed by atoms with E-state index in [4.69, 9.17) is 0 Å². The van der Waals surface area contributed by atoms with Gasteiger partial charge >= 0.3 is 0 Å². The topological polar surface area (TPSA) is 29.0 Å². The molecule has 0 atom stereocenters. The summed E-state index contributed by atoms with van der Waals surface area (Å²) in [5.74, 6) is 0.861. The van der Waals surface area contributed by atoms with Crippen LogP contribution < -0.4 is 4.90 Å². The summed E-state index contributed by atoms with van der Waals surface area (Å²) in [5, 5.41) is 0.961. The van der Waals surface area contributed by atoms with E-state index in [0.29, 0.717) is 6.04 Å². The van der Waals surface area contributed by atoms with Crippen molar-refractivity contribution in [1.82, 2.24) is 9.97 Å². The summed E-state index contributed by atoms with van der Waals surface area (Å²) in [4.78, 5) is 11.2. The molecule has 1 aliphatic carbocycles. The fraction of sp³-hybridized carbons (Fsp3) is 0.667. The van der Waals surface area contributed by atoms with Crippen molar-refractivity contribution in [2.45, 2.75) is 38.1 Å². The summed E-state index contributed by atoms with van der Waals surface area (Å²) < 4.78 is 0.934. The highest BCUT2D eigenvalue weighted by Gasteiger charge is 2.22. The van der Waals surface area contributed by atoms with E-state index in [-0.39, 0.29) is 0 Å². The van der Waals surface area contributed by atoms with E-state index in [9.17, 15) is 0 Å². The predicted octanol–water partition coefficient (Wildman–Crippen LogP) is 3.77. The molecule has 0 saturated heterocycles. The van der Waals surface area contributed by atoms with E-state index >= 15 is 0 Å². The minimum atomic E-state index is 0.613. The molecule has 0 spiro atoms. The highest BCUT2D eigenvalue weighted by molar-refractivity contribution is 9.10. The van der Waals surface area contributed by atoms with Crippen LogP contribution in [0.15, 0.2) is 16.9 Å². The van der Waals surface area contributed by atoms with Gasteiger partial charge in [0.05, 0.1) is 4.47 Å². The van der Waals surface area contributed by atoms with Crippen molar-refractivity contribution in [2.75, 3.05) is 16.8 Å². The molecule has 0 aliphatic heterocycles. The number of hydrogen-bond acceptors (Lipinski definition) is 3. The molecule has 17 heavy (non-hydrogen) atoms. The summed E-state index contributed by atoms with van der Waals surface area (Å²) in [6, 6.07) is 0.613. The molecule has 1 fully saturated rings. The number of halogens is 2. The zero-order valence-electron chi connectivity index (χ0n) is 9.78. The SMILES string of the molecule is BrCCN(c1ncc(Br)cn1)C1CCCCC1.